The fourth-order valence-electron chi connectivity index (χ4n) is 3.24. The van der Waals surface area contributed by atoms with Crippen LogP contribution in [-0.4, -0.2) is 25.1 Å². The Balaban J connectivity index is 1.78. The Labute approximate surface area is 159 Å². The predicted octanol–water partition coefficient (Wildman–Crippen LogP) is 2.77. The van der Waals surface area contributed by atoms with Gasteiger partial charge in [0.1, 0.15) is 18.2 Å². The maximum absolute atomic E-state index is 13.0. The summed E-state index contributed by atoms with van der Waals surface area (Å²) in [5.74, 6) is -0.0643. The van der Waals surface area contributed by atoms with E-state index in [0.29, 0.717) is 23.4 Å². The SMILES string of the molecule is CCCc1nnc2c(=O)n(CC(=O)Nc3ccc(F)cc3)c3ccccc3n12. The molecule has 7 nitrogen and oxygen atoms in total. The van der Waals surface area contributed by atoms with E-state index in [9.17, 15) is 14.0 Å². The molecule has 2 aromatic carbocycles. The molecule has 4 rings (SSSR count). The lowest BCUT2D eigenvalue weighted by molar-refractivity contribution is -0.116. The van der Waals surface area contributed by atoms with Crippen molar-refractivity contribution in [3.8, 4) is 0 Å². The summed E-state index contributed by atoms with van der Waals surface area (Å²) in [5.41, 5.74) is 1.64. The number of benzene rings is 2. The summed E-state index contributed by atoms with van der Waals surface area (Å²) in [6.45, 7) is 1.84. The molecular weight excluding hydrogens is 361 g/mol. The summed E-state index contributed by atoms with van der Waals surface area (Å²) in [5, 5.41) is 10.9. The number of carbonyl (C=O) groups excluding carboxylic acids is 1. The van der Waals surface area contributed by atoms with Gasteiger partial charge in [0.2, 0.25) is 11.6 Å². The molecule has 0 radical (unpaired) electrons. The number of carbonyl (C=O) groups is 1. The maximum Gasteiger partial charge on any atom is 0.297 e. The van der Waals surface area contributed by atoms with Gasteiger partial charge in [0.15, 0.2) is 0 Å². The topological polar surface area (TPSA) is 81.3 Å². The molecule has 0 aliphatic rings. The fourth-order valence-corrected chi connectivity index (χ4v) is 3.24. The van der Waals surface area contributed by atoms with Crippen LogP contribution in [0.3, 0.4) is 0 Å². The third-order valence-electron chi connectivity index (χ3n) is 4.48. The van der Waals surface area contributed by atoms with Crippen molar-refractivity contribution >= 4 is 28.3 Å². The average molecular weight is 379 g/mol. The lowest BCUT2D eigenvalue weighted by atomic mass is 10.2. The largest absolute Gasteiger partial charge is 0.325 e. The Bertz CT molecular complexity index is 1230. The van der Waals surface area contributed by atoms with Crippen LogP contribution in [0.2, 0.25) is 0 Å². The summed E-state index contributed by atoms with van der Waals surface area (Å²) in [4.78, 5) is 25.5. The van der Waals surface area contributed by atoms with Crippen LogP contribution >= 0.6 is 0 Å². The molecular formula is C20H18FN5O2. The Morgan fingerprint density at radius 2 is 1.79 bits per heavy atom. The lowest BCUT2D eigenvalue weighted by Crippen LogP contribution is -2.29. The molecule has 0 atom stereocenters. The second-order valence-electron chi connectivity index (χ2n) is 6.46. The molecule has 28 heavy (non-hydrogen) atoms. The second kappa shape index (κ2) is 7.22. The number of fused-ring (bicyclic) bond motifs is 3. The number of nitrogens with one attached hydrogen (secondary N) is 1. The lowest BCUT2D eigenvalue weighted by Gasteiger charge is -2.12. The van der Waals surface area contributed by atoms with Gasteiger partial charge >= 0.3 is 0 Å². The Hall–Kier alpha value is -3.55. The van der Waals surface area contributed by atoms with Crippen molar-refractivity contribution in [2.75, 3.05) is 5.32 Å². The first kappa shape index (κ1) is 17.8. The summed E-state index contributed by atoms with van der Waals surface area (Å²) in [6, 6.07) is 12.8. The zero-order chi connectivity index (χ0) is 19.7. The number of amides is 1. The summed E-state index contributed by atoms with van der Waals surface area (Å²) >= 11 is 0. The van der Waals surface area contributed by atoms with Crippen molar-refractivity contribution in [1.82, 2.24) is 19.2 Å². The molecule has 8 heteroatoms. The van der Waals surface area contributed by atoms with Crippen LogP contribution in [0, 0.1) is 5.82 Å². The number of anilines is 1. The van der Waals surface area contributed by atoms with E-state index >= 15 is 0 Å². The minimum Gasteiger partial charge on any atom is -0.325 e. The maximum atomic E-state index is 13.0. The number of aromatic nitrogens is 4. The number of halogens is 1. The highest BCUT2D eigenvalue weighted by Crippen LogP contribution is 2.16. The van der Waals surface area contributed by atoms with E-state index < -0.39 is 5.91 Å². The van der Waals surface area contributed by atoms with Gasteiger partial charge in [-0.3, -0.25) is 18.6 Å². The molecule has 1 amide bonds. The number of rotatable bonds is 5. The van der Waals surface area contributed by atoms with Gasteiger partial charge in [-0.2, -0.15) is 0 Å². The van der Waals surface area contributed by atoms with E-state index in [4.69, 9.17) is 0 Å². The molecule has 1 N–H and O–H groups in total. The minimum atomic E-state index is -0.392. The Morgan fingerprint density at radius 3 is 2.50 bits per heavy atom. The third kappa shape index (κ3) is 3.13. The molecule has 0 bridgehead atoms. The predicted molar refractivity (Wildman–Crippen MR) is 104 cm³/mol. The van der Waals surface area contributed by atoms with Gasteiger partial charge in [-0.1, -0.05) is 19.1 Å². The van der Waals surface area contributed by atoms with E-state index in [1.165, 1.54) is 28.8 Å². The zero-order valence-electron chi connectivity index (χ0n) is 15.2. The first-order valence-electron chi connectivity index (χ1n) is 8.99. The fraction of sp³-hybridized carbons (Fsp3) is 0.200. The second-order valence-corrected chi connectivity index (χ2v) is 6.46. The van der Waals surface area contributed by atoms with Crippen LogP contribution in [0.1, 0.15) is 19.2 Å². The third-order valence-corrected chi connectivity index (χ3v) is 4.48. The number of nitrogens with zero attached hydrogens (tertiary/aromatic N) is 4. The number of para-hydroxylation sites is 2. The van der Waals surface area contributed by atoms with E-state index in [2.05, 4.69) is 15.5 Å². The first-order chi connectivity index (χ1) is 13.6. The van der Waals surface area contributed by atoms with Crippen molar-refractivity contribution in [3.05, 3.63) is 70.5 Å². The first-order valence-corrected chi connectivity index (χ1v) is 8.99. The molecule has 0 unspecified atom stereocenters. The molecule has 0 saturated carbocycles. The molecule has 4 aromatic rings. The highest BCUT2D eigenvalue weighted by Gasteiger charge is 2.17. The molecule has 2 heterocycles. The monoisotopic (exact) mass is 379 g/mol. The average Bonchev–Trinajstić information content (AvgIpc) is 3.11. The van der Waals surface area contributed by atoms with Crippen LogP contribution in [0.25, 0.3) is 16.7 Å². The van der Waals surface area contributed by atoms with Crippen LogP contribution in [-0.2, 0) is 17.8 Å². The van der Waals surface area contributed by atoms with Crippen LogP contribution in [0.15, 0.2) is 53.3 Å². The van der Waals surface area contributed by atoms with Crippen LogP contribution in [0.5, 0.6) is 0 Å². The van der Waals surface area contributed by atoms with Gasteiger partial charge in [0.25, 0.3) is 5.56 Å². The molecule has 0 aliphatic heterocycles. The summed E-state index contributed by atoms with van der Waals surface area (Å²) < 4.78 is 16.2. The normalized spacial score (nSPS) is 11.2. The van der Waals surface area contributed by atoms with Crippen molar-refractivity contribution < 1.29 is 9.18 Å². The minimum absolute atomic E-state index is 0.191. The van der Waals surface area contributed by atoms with Gasteiger partial charge < -0.3 is 5.32 Å². The highest BCUT2D eigenvalue weighted by atomic mass is 19.1. The Morgan fingerprint density at radius 1 is 1.07 bits per heavy atom. The van der Waals surface area contributed by atoms with Gasteiger partial charge in [-0.15, -0.1) is 10.2 Å². The van der Waals surface area contributed by atoms with E-state index in [1.807, 2.05) is 25.1 Å². The van der Waals surface area contributed by atoms with Crippen molar-refractivity contribution in [3.63, 3.8) is 0 Å². The van der Waals surface area contributed by atoms with E-state index in [1.54, 1.807) is 10.5 Å². The highest BCUT2D eigenvalue weighted by molar-refractivity contribution is 5.91. The quantitative estimate of drug-likeness (QED) is 0.578. The van der Waals surface area contributed by atoms with E-state index in [0.717, 1.165) is 11.9 Å². The standard InChI is InChI=1S/C20H18FN5O2/c1-2-5-17-23-24-19-20(28)25(15-6-3-4-7-16(15)26(17)19)12-18(27)22-14-10-8-13(21)9-11-14/h3-4,6-11H,2,5,12H2,1H3,(H,22,27). The van der Waals surface area contributed by atoms with E-state index in [-0.39, 0.29) is 23.6 Å². The molecule has 0 spiro atoms. The Kier molecular flexibility index (Phi) is 4.60. The smallest absolute Gasteiger partial charge is 0.297 e. The summed E-state index contributed by atoms with van der Waals surface area (Å²) in [7, 11) is 0. The van der Waals surface area contributed by atoms with Gasteiger partial charge in [-0.05, 0) is 42.8 Å². The number of hydrogen-bond acceptors (Lipinski definition) is 4. The van der Waals surface area contributed by atoms with Crippen molar-refractivity contribution in [2.45, 2.75) is 26.3 Å². The molecule has 2 aromatic heterocycles. The van der Waals surface area contributed by atoms with Crippen molar-refractivity contribution in [2.24, 2.45) is 0 Å². The van der Waals surface area contributed by atoms with Gasteiger partial charge in [-0.25, -0.2) is 4.39 Å². The molecule has 0 aliphatic carbocycles. The molecule has 142 valence electrons. The van der Waals surface area contributed by atoms with Crippen LogP contribution < -0.4 is 10.9 Å². The molecule has 0 saturated heterocycles. The van der Waals surface area contributed by atoms with Gasteiger partial charge in [0, 0.05) is 12.1 Å². The number of hydrogen-bond donors (Lipinski definition) is 1. The zero-order valence-corrected chi connectivity index (χ0v) is 15.2. The summed E-state index contributed by atoms with van der Waals surface area (Å²) in [6.07, 6.45) is 1.57. The number of aryl methyl sites for hydroxylation is 1. The van der Waals surface area contributed by atoms with Gasteiger partial charge in [0.05, 0.1) is 11.0 Å². The van der Waals surface area contributed by atoms with Crippen LogP contribution in [0.4, 0.5) is 10.1 Å². The van der Waals surface area contributed by atoms with Crippen molar-refractivity contribution in [1.29, 1.82) is 0 Å². The molecule has 0 fully saturated rings.